The van der Waals surface area contributed by atoms with Crippen LogP contribution in [0.5, 0.6) is 0 Å². The van der Waals surface area contributed by atoms with Gasteiger partial charge in [0.15, 0.2) is 6.10 Å². The van der Waals surface area contributed by atoms with Crippen molar-refractivity contribution >= 4 is 5.97 Å². The maximum Gasteiger partial charge on any atom is 0.332 e. The van der Waals surface area contributed by atoms with Crippen molar-refractivity contribution in [2.75, 3.05) is 13.2 Å². The normalized spacial score (nSPS) is 12.8. The smallest absolute Gasteiger partial charge is 0.332 e. The van der Waals surface area contributed by atoms with E-state index in [-0.39, 0.29) is 19.3 Å². The first kappa shape index (κ1) is 24.6. The fourth-order valence-electron chi connectivity index (χ4n) is 3.38. The minimum Gasteiger partial charge on any atom is -0.455 e. The zero-order valence-electron chi connectivity index (χ0n) is 19.1. The SMILES string of the molecule is CC[C@H](OCc1ccccc1)[C@@H](COCc1ccccc1)OC(=O)COCc1ccccc1. The molecule has 5 nitrogen and oxygen atoms in total. The number of hydrogen-bond donors (Lipinski definition) is 0. The lowest BCUT2D eigenvalue weighted by Crippen LogP contribution is -2.38. The Balaban J connectivity index is 1.54. The molecule has 0 spiro atoms. The zero-order valence-corrected chi connectivity index (χ0v) is 19.1. The quantitative estimate of drug-likeness (QED) is 0.312. The molecule has 0 amide bonds. The highest BCUT2D eigenvalue weighted by Gasteiger charge is 2.25. The third kappa shape index (κ3) is 9.18. The molecule has 3 aromatic rings. The van der Waals surface area contributed by atoms with Crippen molar-refractivity contribution in [1.29, 1.82) is 0 Å². The Labute approximate surface area is 196 Å². The van der Waals surface area contributed by atoms with Crippen LogP contribution in [-0.4, -0.2) is 31.4 Å². The summed E-state index contributed by atoms with van der Waals surface area (Å²) in [6, 6.07) is 29.6. The molecule has 0 aromatic heterocycles. The van der Waals surface area contributed by atoms with Crippen molar-refractivity contribution in [3.05, 3.63) is 108 Å². The Morgan fingerprint density at radius 3 is 1.67 bits per heavy atom. The maximum absolute atomic E-state index is 12.5. The van der Waals surface area contributed by atoms with Gasteiger partial charge in [-0.1, -0.05) is 97.9 Å². The van der Waals surface area contributed by atoms with E-state index in [2.05, 4.69) is 0 Å². The first-order valence-corrected chi connectivity index (χ1v) is 11.3. The summed E-state index contributed by atoms with van der Waals surface area (Å²) in [7, 11) is 0. The Hall–Kier alpha value is -2.99. The van der Waals surface area contributed by atoms with E-state index in [0.717, 1.165) is 16.7 Å². The molecular formula is C28H32O5. The van der Waals surface area contributed by atoms with Gasteiger partial charge in [0.1, 0.15) is 6.61 Å². The van der Waals surface area contributed by atoms with Crippen LogP contribution in [0, 0.1) is 0 Å². The molecule has 33 heavy (non-hydrogen) atoms. The fourth-order valence-corrected chi connectivity index (χ4v) is 3.38. The van der Waals surface area contributed by atoms with E-state index < -0.39 is 12.1 Å². The second-order valence-electron chi connectivity index (χ2n) is 7.75. The Morgan fingerprint density at radius 1 is 0.667 bits per heavy atom. The number of esters is 1. The van der Waals surface area contributed by atoms with E-state index in [0.29, 0.717) is 26.2 Å². The van der Waals surface area contributed by atoms with E-state index in [1.165, 1.54) is 0 Å². The predicted molar refractivity (Wildman–Crippen MR) is 127 cm³/mol. The number of rotatable bonds is 14. The topological polar surface area (TPSA) is 54.0 Å². The number of carbonyl (C=O) groups is 1. The third-order valence-corrected chi connectivity index (χ3v) is 5.13. The molecule has 0 unspecified atom stereocenters. The van der Waals surface area contributed by atoms with Crippen molar-refractivity contribution in [1.82, 2.24) is 0 Å². The summed E-state index contributed by atoms with van der Waals surface area (Å²) in [4.78, 5) is 12.5. The van der Waals surface area contributed by atoms with E-state index in [4.69, 9.17) is 18.9 Å². The molecule has 2 atom stereocenters. The van der Waals surface area contributed by atoms with Crippen molar-refractivity contribution in [3.63, 3.8) is 0 Å². The van der Waals surface area contributed by atoms with Gasteiger partial charge in [-0.15, -0.1) is 0 Å². The van der Waals surface area contributed by atoms with Crippen molar-refractivity contribution in [2.24, 2.45) is 0 Å². The molecule has 5 heteroatoms. The molecule has 0 radical (unpaired) electrons. The van der Waals surface area contributed by atoms with Crippen LogP contribution >= 0.6 is 0 Å². The molecule has 0 N–H and O–H groups in total. The highest BCUT2D eigenvalue weighted by molar-refractivity contribution is 5.71. The number of hydrogen-bond acceptors (Lipinski definition) is 5. The molecule has 174 valence electrons. The van der Waals surface area contributed by atoms with Crippen LogP contribution in [0.3, 0.4) is 0 Å². The minimum absolute atomic E-state index is 0.126. The van der Waals surface area contributed by atoms with Gasteiger partial charge in [0.2, 0.25) is 0 Å². The first-order chi connectivity index (χ1) is 16.2. The average molecular weight is 449 g/mol. The van der Waals surface area contributed by atoms with Crippen LogP contribution < -0.4 is 0 Å². The van der Waals surface area contributed by atoms with Crippen LogP contribution in [0.25, 0.3) is 0 Å². The van der Waals surface area contributed by atoms with Gasteiger partial charge >= 0.3 is 5.97 Å². The molecule has 0 heterocycles. The summed E-state index contributed by atoms with van der Waals surface area (Å²) in [5, 5.41) is 0. The highest BCUT2D eigenvalue weighted by Crippen LogP contribution is 2.14. The standard InChI is InChI=1S/C28H32O5/c1-2-26(32-20-25-16-10-5-11-17-25)27(21-30-18-23-12-6-3-7-13-23)33-28(29)22-31-19-24-14-8-4-9-15-24/h3-17,26-27H,2,18-22H2,1H3/t26-,27+/m0/s1. The molecule has 0 aliphatic carbocycles. The van der Waals surface area contributed by atoms with Gasteiger partial charge in [-0.05, 0) is 23.1 Å². The second-order valence-corrected chi connectivity index (χ2v) is 7.75. The molecule has 0 aliphatic heterocycles. The lowest BCUT2D eigenvalue weighted by molar-refractivity contribution is -0.170. The van der Waals surface area contributed by atoms with Crippen molar-refractivity contribution < 1.29 is 23.7 Å². The summed E-state index contributed by atoms with van der Waals surface area (Å²) in [5.41, 5.74) is 3.13. The summed E-state index contributed by atoms with van der Waals surface area (Å²) in [6.07, 6.45) is -0.140. The number of ether oxygens (including phenoxy) is 4. The molecule has 0 aliphatic rings. The van der Waals surface area contributed by atoms with Gasteiger partial charge in [-0.2, -0.15) is 0 Å². The zero-order chi connectivity index (χ0) is 23.1. The third-order valence-electron chi connectivity index (χ3n) is 5.13. The molecule has 0 fully saturated rings. The van der Waals surface area contributed by atoms with Gasteiger partial charge in [0, 0.05) is 0 Å². The van der Waals surface area contributed by atoms with Crippen LogP contribution in [0.4, 0.5) is 0 Å². The summed E-state index contributed by atoms with van der Waals surface area (Å²) >= 11 is 0. The average Bonchev–Trinajstić information content (AvgIpc) is 2.86. The van der Waals surface area contributed by atoms with Gasteiger partial charge in [0.25, 0.3) is 0 Å². The fraction of sp³-hybridized carbons (Fsp3) is 0.321. The van der Waals surface area contributed by atoms with E-state index >= 15 is 0 Å². The van der Waals surface area contributed by atoms with Crippen molar-refractivity contribution in [2.45, 2.75) is 45.4 Å². The summed E-state index contributed by atoms with van der Waals surface area (Å²) in [5.74, 6) is -0.430. The van der Waals surface area contributed by atoms with Gasteiger partial charge in [0.05, 0.1) is 32.5 Å². The molecular weight excluding hydrogens is 416 g/mol. The number of benzene rings is 3. The predicted octanol–water partition coefficient (Wildman–Crippen LogP) is 5.33. The Bertz CT molecular complexity index is 915. The van der Waals surface area contributed by atoms with Gasteiger partial charge < -0.3 is 18.9 Å². The lowest BCUT2D eigenvalue weighted by atomic mass is 10.1. The second kappa shape index (κ2) is 14.2. The summed E-state index contributed by atoms with van der Waals surface area (Å²) in [6.45, 7) is 3.36. The minimum atomic E-state index is -0.532. The van der Waals surface area contributed by atoms with Gasteiger partial charge in [-0.25, -0.2) is 4.79 Å². The Morgan fingerprint density at radius 2 is 1.15 bits per heavy atom. The van der Waals surface area contributed by atoms with Crippen LogP contribution in [0.2, 0.25) is 0 Å². The van der Waals surface area contributed by atoms with Crippen molar-refractivity contribution in [3.8, 4) is 0 Å². The molecule has 3 rings (SSSR count). The number of carbonyl (C=O) groups excluding carboxylic acids is 1. The van der Waals surface area contributed by atoms with Crippen LogP contribution in [0.15, 0.2) is 91.0 Å². The van der Waals surface area contributed by atoms with E-state index in [9.17, 15) is 4.79 Å². The maximum atomic E-state index is 12.5. The lowest BCUT2D eigenvalue weighted by Gasteiger charge is -2.26. The van der Waals surface area contributed by atoms with Crippen LogP contribution in [-0.2, 0) is 43.6 Å². The molecule has 0 saturated carbocycles. The van der Waals surface area contributed by atoms with E-state index in [1.54, 1.807) is 0 Å². The van der Waals surface area contributed by atoms with Gasteiger partial charge in [-0.3, -0.25) is 0 Å². The molecule has 0 saturated heterocycles. The monoisotopic (exact) mass is 448 g/mol. The van der Waals surface area contributed by atoms with E-state index in [1.807, 2.05) is 97.9 Å². The van der Waals surface area contributed by atoms with Crippen LogP contribution in [0.1, 0.15) is 30.0 Å². The largest absolute Gasteiger partial charge is 0.455 e. The Kier molecular flexibility index (Phi) is 10.6. The molecule has 3 aromatic carbocycles. The molecule has 0 bridgehead atoms. The first-order valence-electron chi connectivity index (χ1n) is 11.3. The highest BCUT2D eigenvalue weighted by atomic mass is 16.6. The summed E-state index contributed by atoms with van der Waals surface area (Å²) < 4.78 is 23.3.